The fourth-order valence-corrected chi connectivity index (χ4v) is 2.35. The lowest BCUT2D eigenvalue weighted by molar-refractivity contribution is -0.131. The molecule has 0 saturated carbocycles. The van der Waals surface area contributed by atoms with Crippen molar-refractivity contribution in [2.24, 2.45) is 0 Å². The summed E-state index contributed by atoms with van der Waals surface area (Å²) in [6.45, 7) is 6.10. The number of rotatable bonds is 3. The first-order valence-electron chi connectivity index (χ1n) is 6.02. The first-order valence-corrected chi connectivity index (χ1v) is 6.02. The molecule has 1 heterocycles. The van der Waals surface area contributed by atoms with Gasteiger partial charge in [-0.15, -0.1) is 0 Å². The quantitative estimate of drug-likeness (QED) is 0.784. The largest absolute Gasteiger partial charge is 0.375 e. The molecule has 0 aromatic heterocycles. The van der Waals surface area contributed by atoms with Crippen molar-refractivity contribution in [3.05, 3.63) is 0 Å². The van der Waals surface area contributed by atoms with Crippen molar-refractivity contribution in [3.8, 4) is 0 Å². The van der Waals surface area contributed by atoms with Gasteiger partial charge in [0.1, 0.15) is 0 Å². The molecule has 2 unspecified atom stereocenters. The first-order chi connectivity index (χ1) is 7.40. The minimum absolute atomic E-state index is 0.113. The number of likely N-dealkylation sites (N-methyl/N-ethyl adjacent to an activating group) is 1. The van der Waals surface area contributed by atoms with Gasteiger partial charge in [0, 0.05) is 20.1 Å². The van der Waals surface area contributed by atoms with E-state index in [2.05, 4.69) is 19.2 Å². The molecule has 0 radical (unpaired) electrons. The Balaban J connectivity index is 2.44. The fourth-order valence-electron chi connectivity index (χ4n) is 2.35. The fraction of sp³-hybridized carbons (Fsp3) is 0.917. The Labute approximate surface area is 98.3 Å². The monoisotopic (exact) mass is 228 g/mol. The Morgan fingerprint density at radius 2 is 1.81 bits per heavy atom. The lowest BCUT2D eigenvalue weighted by Crippen LogP contribution is -2.50. The van der Waals surface area contributed by atoms with Gasteiger partial charge in [0.05, 0.1) is 18.2 Å². The third-order valence-electron chi connectivity index (χ3n) is 2.99. The van der Waals surface area contributed by atoms with E-state index in [1.165, 1.54) is 0 Å². The van der Waals surface area contributed by atoms with Gasteiger partial charge >= 0.3 is 0 Å². The summed E-state index contributed by atoms with van der Waals surface area (Å²) in [6, 6.07) is 0.273. The standard InChI is InChI=1S/C12H24N2O2/c1-8-6-11(7-9(2)16-8)13-10(3)12(15)14(4)5/h8-11,13H,6-7H2,1-5H3/t8?,9?,10-,11?/m1/s1. The van der Waals surface area contributed by atoms with Crippen LogP contribution in [0, 0.1) is 0 Å². The molecule has 1 amide bonds. The molecule has 0 spiro atoms. The van der Waals surface area contributed by atoms with Crippen LogP contribution in [-0.4, -0.2) is 49.2 Å². The molecular weight excluding hydrogens is 204 g/mol. The SMILES string of the molecule is CC1CC(N[C@H](C)C(=O)N(C)C)CC(C)O1. The van der Waals surface area contributed by atoms with E-state index in [9.17, 15) is 4.79 Å². The van der Waals surface area contributed by atoms with Crippen molar-refractivity contribution < 1.29 is 9.53 Å². The molecule has 1 saturated heterocycles. The zero-order valence-electron chi connectivity index (χ0n) is 11.0. The molecule has 4 nitrogen and oxygen atoms in total. The van der Waals surface area contributed by atoms with Crippen LogP contribution in [0.15, 0.2) is 0 Å². The van der Waals surface area contributed by atoms with Gasteiger partial charge in [-0.1, -0.05) is 0 Å². The summed E-state index contributed by atoms with van der Waals surface area (Å²) in [5.41, 5.74) is 0. The van der Waals surface area contributed by atoms with Gasteiger partial charge in [-0.05, 0) is 33.6 Å². The zero-order valence-corrected chi connectivity index (χ0v) is 11.0. The number of ether oxygens (including phenoxy) is 1. The third kappa shape index (κ3) is 3.76. The highest BCUT2D eigenvalue weighted by Crippen LogP contribution is 2.19. The summed E-state index contributed by atoms with van der Waals surface area (Å²) in [5, 5.41) is 3.39. The Morgan fingerprint density at radius 3 is 2.25 bits per heavy atom. The molecule has 1 N–H and O–H groups in total. The molecule has 16 heavy (non-hydrogen) atoms. The Kier molecular flexibility index (Phi) is 4.74. The van der Waals surface area contributed by atoms with E-state index in [0.717, 1.165) is 12.8 Å². The van der Waals surface area contributed by atoms with Crippen LogP contribution in [0.25, 0.3) is 0 Å². The Hall–Kier alpha value is -0.610. The second-order valence-electron chi connectivity index (χ2n) is 5.05. The molecule has 3 atom stereocenters. The molecule has 4 heteroatoms. The summed E-state index contributed by atoms with van der Waals surface area (Å²) in [4.78, 5) is 13.3. The molecule has 1 fully saturated rings. The number of hydrogen-bond donors (Lipinski definition) is 1. The molecule has 0 aromatic carbocycles. The van der Waals surface area contributed by atoms with Crippen molar-refractivity contribution in [1.29, 1.82) is 0 Å². The molecule has 1 rings (SSSR count). The lowest BCUT2D eigenvalue weighted by atomic mass is 9.99. The maximum atomic E-state index is 11.7. The topological polar surface area (TPSA) is 41.6 Å². The van der Waals surface area contributed by atoms with Crippen LogP contribution in [-0.2, 0) is 9.53 Å². The summed E-state index contributed by atoms with van der Waals surface area (Å²) in [6.07, 6.45) is 2.52. The molecular formula is C12H24N2O2. The summed E-state index contributed by atoms with van der Waals surface area (Å²) in [7, 11) is 3.57. The van der Waals surface area contributed by atoms with Gasteiger partial charge in [-0.3, -0.25) is 4.79 Å². The summed E-state index contributed by atoms with van der Waals surface area (Å²) >= 11 is 0. The van der Waals surface area contributed by atoms with Crippen LogP contribution in [0.3, 0.4) is 0 Å². The Bertz CT molecular complexity index is 233. The van der Waals surface area contributed by atoms with Crippen molar-refractivity contribution in [2.75, 3.05) is 14.1 Å². The van der Waals surface area contributed by atoms with Crippen LogP contribution in [0.5, 0.6) is 0 Å². The zero-order chi connectivity index (χ0) is 12.3. The van der Waals surface area contributed by atoms with Gasteiger partial charge in [0.15, 0.2) is 0 Å². The average molecular weight is 228 g/mol. The van der Waals surface area contributed by atoms with Gasteiger partial charge in [0.2, 0.25) is 5.91 Å². The van der Waals surface area contributed by atoms with Gasteiger partial charge in [-0.2, -0.15) is 0 Å². The number of nitrogens with one attached hydrogen (secondary N) is 1. The minimum Gasteiger partial charge on any atom is -0.375 e. The molecule has 1 aliphatic rings. The lowest BCUT2D eigenvalue weighted by Gasteiger charge is -2.34. The highest BCUT2D eigenvalue weighted by molar-refractivity contribution is 5.80. The normalized spacial score (nSPS) is 32.2. The molecule has 1 aliphatic heterocycles. The van der Waals surface area contributed by atoms with Crippen molar-refractivity contribution in [1.82, 2.24) is 10.2 Å². The summed E-state index contributed by atoms with van der Waals surface area (Å²) < 4.78 is 5.67. The predicted octanol–water partition coefficient (Wildman–Crippen LogP) is 1.01. The number of amides is 1. The maximum Gasteiger partial charge on any atom is 0.238 e. The molecule has 0 bridgehead atoms. The predicted molar refractivity (Wildman–Crippen MR) is 64.3 cm³/mol. The van der Waals surface area contributed by atoms with E-state index in [0.29, 0.717) is 6.04 Å². The molecule has 0 aliphatic carbocycles. The van der Waals surface area contributed by atoms with Crippen LogP contribution in [0.1, 0.15) is 33.6 Å². The smallest absolute Gasteiger partial charge is 0.238 e. The first kappa shape index (κ1) is 13.5. The Morgan fingerprint density at radius 1 is 1.31 bits per heavy atom. The van der Waals surface area contributed by atoms with E-state index >= 15 is 0 Å². The van der Waals surface area contributed by atoms with Crippen LogP contribution < -0.4 is 5.32 Å². The van der Waals surface area contributed by atoms with E-state index < -0.39 is 0 Å². The van der Waals surface area contributed by atoms with E-state index in [4.69, 9.17) is 4.74 Å². The van der Waals surface area contributed by atoms with Crippen molar-refractivity contribution in [2.45, 2.75) is 57.9 Å². The highest BCUT2D eigenvalue weighted by atomic mass is 16.5. The van der Waals surface area contributed by atoms with Crippen LogP contribution >= 0.6 is 0 Å². The highest BCUT2D eigenvalue weighted by Gasteiger charge is 2.27. The van der Waals surface area contributed by atoms with E-state index in [-0.39, 0.29) is 24.2 Å². The minimum atomic E-state index is -0.113. The molecule has 0 aromatic rings. The maximum absolute atomic E-state index is 11.7. The second-order valence-corrected chi connectivity index (χ2v) is 5.05. The van der Waals surface area contributed by atoms with Crippen molar-refractivity contribution in [3.63, 3.8) is 0 Å². The van der Waals surface area contributed by atoms with Crippen LogP contribution in [0.2, 0.25) is 0 Å². The van der Waals surface area contributed by atoms with Gasteiger partial charge < -0.3 is 15.0 Å². The van der Waals surface area contributed by atoms with E-state index in [1.807, 2.05) is 6.92 Å². The van der Waals surface area contributed by atoms with Crippen LogP contribution in [0.4, 0.5) is 0 Å². The number of carbonyl (C=O) groups is 1. The third-order valence-corrected chi connectivity index (χ3v) is 2.99. The number of carbonyl (C=O) groups excluding carboxylic acids is 1. The van der Waals surface area contributed by atoms with E-state index in [1.54, 1.807) is 19.0 Å². The second kappa shape index (κ2) is 5.64. The van der Waals surface area contributed by atoms with Crippen molar-refractivity contribution >= 4 is 5.91 Å². The van der Waals surface area contributed by atoms with Gasteiger partial charge in [-0.25, -0.2) is 0 Å². The van der Waals surface area contributed by atoms with Gasteiger partial charge in [0.25, 0.3) is 0 Å². The average Bonchev–Trinajstić information content (AvgIpc) is 2.14. The summed E-state index contributed by atoms with van der Waals surface area (Å²) in [5.74, 6) is 0.131. The number of nitrogens with zero attached hydrogens (tertiary/aromatic N) is 1. The molecule has 94 valence electrons. The number of hydrogen-bond acceptors (Lipinski definition) is 3.